The van der Waals surface area contributed by atoms with E-state index in [-0.39, 0.29) is 29.0 Å². The van der Waals surface area contributed by atoms with Crippen LogP contribution in [-0.4, -0.2) is 45.1 Å². The van der Waals surface area contributed by atoms with Crippen molar-refractivity contribution >= 4 is 5.91 Å². The molecule has 1 saturated carbocycles. The molecule has 0 atom stereocenters. The number of pyridine rings is 1. The number of amides is 1. The maximum Gasteiger partial charge on any atom is 0.258 e. The molecule has 5 rings (SSSR count). The summed E-state index contributed by atoms with van der Waals surface area (Å²) in [6, 6.07) is 8.40. The van der Waals surface area contributed by atoms with Crippen molar-refractivity contribution in [2.75, 3.05) is 13.7 Å². The molecule has 10 heteroatoms. The fraction of sp³-hybridized carbons (Fsp3) is 0.385. The lowest BCUT2D eigenvalue weighted by Crippen LogP contribution is -2.39. The first-order valence-corrected chi connectivity index (χ1v) is 11.7. The maximum absolute atomic E-state index is 16.2. The van der Waals surface area contributed by atoms with E-state index >= 15 is 4.39 Å². The number of aromatic nitrogens is 3. The number of carbonyl (C=O) groups is 1. The molecule has 2 aliphatic rings. The highest BCUT2D eigenvalue weighted by molar-refractivity contribution is 5.99. The lowest BCUT2D eigenvalue weighted by atomic mass is 9.77. The van der Waals surface area contributed by atoms with Crippen LogP contribution in [-0.2, 0) is 18.6 Å². The number of halogens is 3. The molecular weight excluding hydrogens is 471 g/mol. The second-order valence-corrected chi connectivity index (χ2v) is 9.24. The Kier molecular flexibility index (Phi) is 5.94. The summed E-state index contributed by atoms with van der Waals surface area (Å²) >= 11 is 0. The highest BCUT2D eigenvalue weighted by Crippen LogP contribution is 2.49. The van der Waals surface area contributed by atoms with Gasteiger partial charge in [0.1, 0.15) is 17.5 Å². The minimum atomic E-state index is -2.94. The van der Waals surface area contributed by atoms with Crippen molar-refractivity contribution in [2.24, 2.45) is 0 Å². The predicted octanol–water partition coefficient (Wildman–Crippen LogP) is 4.72. The number of benzene rings is 1. The van der Waals surface area contributed by atoms with Crippen molar-refractivity contribution in [2.45, 2.75) is 50.2 Å². The summed E-state index contributed by atoms with van der Waals surface area (Å²) in [7, 11) is 1.31. The first kappa shape index (κ1) is 23.9. The molecule has 0 saturated heterocycles. The summed E-state index contributed by atoms with van der Waals surface area (Å²) < 4.78 is 50.9. The number of rotatable bonds is 4. The molecule has 1 aliphatic heterocycles. The fourth-order valence-electron chi connectivity index (χ4n) is 5.02. The van der Waals surface area contributed by atoms with Crippen molar-refractivity contribution in [3.05, 3.63) is 70.8 Å². The van der Waals surface area contributed by atoms with Gasteiger partial charge in [-0.15, -0.1) is 0 Å². The second-order valence-electron chi connectivity index (χ2n) is 9.24. The van der Waals surface area contributed by atoms with E-state index in [4.69, 9.17) is 4.74 Å². The number of hydrogen-bond acceptors (Lipinski definition) is 5. The van der Waals surface area contributed by atoms with E-state index in [0.29, 0.717) is 13.0 Å². The molecule has 1 amide bonds. The van der Waals surface area contributed by atoms with Gasteiger partial charge in [0.05, 0.1) is 35.8 Å². The van der Waals surface area contributed by atoms with Crippen molar-refractivity contribution in [3.8, 4) is 17.5 Å². The zero-order valence-electron chi connectivity index (χ0n) is 19.7. The van der Waals surface area contributed by atoms with Crippen molar-refractivity contribution in [1.29, 1.82) is 5.26 Å². The summed E-state index contributed by atoms with van der Waals surface area (Å²) in [5, 5.41) is 14.2. The van der Waals surface area contributed by atoms with Gasteiger partial charge in [-0.25, -0.2) is 17.9 Å². The van der Waals surface area contributed by atoms with Crippen LogP contribution in [0, 0.1) is 11.3 Å². The van der Waals surface area contributed by atoms with Gasteiger partial charge in [-0.3, -0.25) is 9.78 Å². The van der Waals surface area contributed by atoms with Gasteiger partial charge in [0.2, 0.25) is 5.92 Å². The number of carbonyl (C=O) groups excluding carboxylic acids is 1. The third-order valence-corrected chi connectivity index (χ3v) is 7.01. The summed E-state index contributed by atoms with van der Waals surface area (Å²) in [6.07, 6.45) is 3.60. The molecule has 186 valence electrons. The monoisotopic (exact) mass is 495 g/mol. The Morgan fingerprint density at radius 2 is 1.94 bits per heavy atom. The average molecular weight is 496 g/mol. The van der Waals surface area contributed by atoms with Crippen LogP contribution in [0.15, 0.2) is 42.9 Å². The highest BCUT2D eigenvalue weighted by Gasteiger charge is 2.47. The van der Waals surface area contributed by atoms with Crippen molar-refractivity contribution < 1.29 is 22.7 Å². The number of ether oxygens (including phenoxy) is 1. The van der Waals surface area contributed by atoms with Gasteiger partial charge in [-0.2, -0.15) is 10.4 Å². The third-order valence-electron chi connectivity index (χ3n) is 7.01. The van der Waals surface area contributed by atoms with Gasteiger partial charge in [-0.1, -0.05) is 6.07 Å². The lowest BCUT2D eigenvalue weighted by Gasteiger charge is -2.36. The molecule has 0 unspecified atom stereocenters. The number of hydrogen-bond donors (Lipinski definition) is 0. The number of nitriles is 1. The van der Waals surface area contributed by atoms with Gasteiger partial charge in [0, 0.05) is 55.9 Å². The van der Waals surface area contributed by atoms with E-state index in [1.165, 1.54) is 19.2 Å². The third kappa shape index (κ3) is 4.19. The van der Waals surface area contributed by atoms with Gasteiger partial charge >= 0.3 is 0 Å². The molecular formula is C26H24F3N5O2. The summed E-state index contributed by atoms with van der Waals surface area (Å²) in [5.41, 5.74) is 0.337. The van der Waals surface area contributed by atoms with Crippen LogP contribution in [0.2, 0.25) is 0 Å². The second kappa shape index (κ2) is 8.97. The van der Waals surface area contributed by atoms with Crippen molar-refractivity contribution in [3.63, 3.8) is 0 Å². The van der Waals surface area contributed by atoms with E-state index in [1.807, 2.05) is 18.3 Å². The highest BCUT2D eigenvalue weighted by atomic mass is 19.3. The molecule has 0 spiro atoms. The molecule has 1 aromatic carbocycles. The first-order valence-electron chi connectivity index (χ1n) is 11.7. The van der Waals surface area contributed by atoms with Gasteiger partial charge < -0.3 is 9.64 Å². The summed E-state index contributed by atoms with van der Waals surface area (Å²) in [5.74, 6) is -3.48. The van der Waals surface area contributed by atoms with Gasteiger partial charge in [0.25, 0.3) is 5.91 Å². The van der Waals surface area contributed by atoms with Gasteiger partial charge in [0.15, 0.2) is 0 Å². The predicted molar refractivity (Wildman–Crippen MR) is 124 cm³/mol. The van der Waals surface area contributed by atoms with E-state index in [0.717, 1.165) is 16.9 Å². The molecule has 1 aliphatic carbocycles. The average Bonchev–Trinajstić information content (AvgIpc) is 3.33. The van der Waals surface area contributed by atoms with E-state index in [1.54, 1.807) is 28.0 Å². The van der Waals surface area contributed by atoms with Crippen LogP contribution < -0.4 is 4.74 Å². The smallest absolute Gasteiger partial charge is 0.258 e. The Balaban J connectivity index is 1.51. The largest absolute Gasteiger partial charge is 0.495 e. The Hall–Kier alpha value is -3.87. The zero-order valence-corrected chi connectivity index (χ0v) is 19.7. The van der Waals surface area contributed by atoms with Crippen molar-refractivity contribution in [1.82, 2.24) is 19.7 Å². The number of fused-ring (bicyclic) bond motifs is 1. The van der Waals surface area contributed by atoms with Crippen LogP contribution in [0.25, 0.3) is 5.69 Å². The summed E-state index contributed by atoms with van der Waals surface area (Å²) in [6.45, 7) is 0.553. The maximum atomic E-state index is 16.2. The minimum absolute atomic E-state index is 0.00398. The molecule has 0 radical (unpaired) electrons. The van der Waals surface area contributed by atoms with Crippen LogP contribution in [0.3, 0.4) is 0 Å². The molecule has 36 heavy (non-hydrogen) atoms. The van der Waals surface area contributed by atoms with Crippen LogP contribution in [0.1, 0.15) is 58.4 Å². The topological polar surface area (TPSA) is 84.0 Å². The number of alkyl halides is 3. The van der Waals surface area contributed by atoms with Crippen LogP contribution >= 0.6 is 0 Å². The standard InChI is InChI=1S/C26H24F3N5O2/c1-36-23-17(13-30)4-5-20(25(27)7-9-26(28,29)10-8-25)22(23)24(35)33-12-6-21-18(15-33)16-34(32-21)19-3-2-11-31-14-19/h2-5,11,14,16H,6-10,12,15H2,1H3. The number of nitrogens with zero attached hydrogens (tertiary/aromatic N) is 5. The Morgan fingerprint density at radius 3 is 2.61 bits per heavy atom. The van der Waals surface area contributed by atoms with Crippen LogP contribution in [0.5, 0.6) is 5.75 Å². The van der Waals surface area contributed by atoms with E-state index in [2.05, 4.69) is 10.1 Å². The van der Waals surface area contributed by atoms with Gasteiger partial charge in [-0.05, 0) is 31.0 Å². The minimum Gasteiger partial charge on any atom is -0.495 e. The molecule has 0 N–H and O–H groups in total. The fourth-order valence-corrected chi connectivity index (χ4v) is 5.02. The van der Waals surface area contributed by atoms with E-state index in [9.17, 15) is 18.8 Å². The van der Waals surface area contributed by atoms with E-state index < -0.39 is 43.2 Å². The number of methoxy groups -OCH3 is 1. The Labute approximate surface area is 206 Å². The molecule has 1 fully saturated rings. The Bertz CT molecular complexity index is 1340. The summed E-state index contributed by atoms with van der Waals surface area (Å²) in [4.78, 5) is 19.5. The molecule has 3 heterocycles. The van der Waals surface area contributed by atoms with Crippen LogP contribution in [0.4, 0.5) is 13.2 Å². The first-order chi connectivity index (χ1) is 17.2. The molecule has 7 nitrogen and oxygen atoms in total. The lowest BCUT2D eigenvalue weighted by molar-refractivity contribution is -0.0776. The quantitative estimate of drug-likeness (QED) is 0.523. The molecule has 3 aromatic rings. The Morgan fingerprint density at radius 1 is 1.17 bits per heavy atom. The zero-order chi connectivity index (χ0) is 25.5. The normalized spacial score (nSPS) is 18.2. The molecule has 0 bridgehead atoms. The SMILES string of the molecule is COc1c(C#N)ccc(C2(F)CCC(F)(F)CC2)c1C(=O)N1CCc2nn(-c3cccnc3)cc2C1. The molecule has 2 aromatic heterocycles.